The summed E-state index contributed by atoms with van der Waals surface area (Å²) >= 11 is 5.91. The minimum absolute atomic E-state index is 0.148. The average molecular weight is 305 g/mol. The lowest BCUT2D eigenvalue weighted by molar-refractivity contribution is 0.102. The fraction of sp³-hybridized carbons (Fsp3) is 0.188. The summed E-state index contributed by atoms with van der Waals surface area (Å²) in [7, 11) is 0. The maximum absolute atomic E-state index is 12.2. The van der Waals surface area contributed by atoms with E-state index in [1.807, 2.05) is 18.2 Å². The van der Waals surface area contributed by atoms with Crippen molar-refractivity contribution in [3.05, 3.63) is 58.6 Å². The quantitative estimate of drug-likeness (QED) is 0.743. The first-order chi connectivity index (χ1) is 10.1. The van der Waals surface area contributed by atoms with Crippen LogP contribution in [0, 0.1) is 0 Å². The lowest BCUT2D eigenvalue weighted by Gasteiger charge is -2.09. The highest BCUT2D eigenvalue weighted by molar-refractivity contribution is 6.34. The van der Waals surface area contributed by atoms with Crippen LogP contribution in [0.15, 0.2) is 42.5 Å². The van der Waals surface area contributed by atoms with Crippen molar-refractivity contribution in [3.8, 4) is 0 Å². The fourth-order valence-corrected chi connectivity index (χ4v) is 2.20. The summed E-state index contributed by atoms with van der Waals surface area (Å²) in [5.41, 5.74) is 8.18. The van der Waals surface area contributed by atoms with Gasteiger partial charge in [-0.3, -0.25) is 4.79 Å². The topological polar surface area (TPSA) is 75.4 Å². The van der Waals surface area contributed by atoms with Crippen molar-refractivity contribution in [3.63, 3.8) is 0 Å². The molecule has 0 spiro atoms. The monoisotopic (exact) mass is 304 g/mol. The van der Waals surface area contributed by atoms with E-state index < -0.39 is 0 Å². The number of aliphatic hydroxyl groups excluding tert-OH is 1. The summed E-state index contributed by atoms with van der Waals surface area (Å²) in [6.45, 7) is 0.148. The Balaban J connectivity index is 2.14. The summed E-state index contributed by atoms with van der Waals surface area (Å²) in [5, 5.41) is 12.0. The molecule has 2 aromatic rings. The molecule has 4 N–H and O–H groups in total. The van der Waals surface area contributed by atoms with E-state index in [1.165, 1.54) is 0 Å². The second-order valence-electron chi connectivity index (χ2n) is 4.68. The predicted octanol–water partition coefficient (Wildman–Crippen LogP) is 3.10. The van der Waals surface area contributed by atoms with Gasteiger partial charge in [-0.05, 0) is 42.7 Å². The molecular formula is C16H17ClN2O2. The number of rotatable bonds is 5. The van der Waals surface area contributed by atoms with Crippen molar-refractivity contribution >= 4 is 28.9 Å². The maximum Gasteiger partial charge on any atom is 0.257 e. The van der Waals surface area contributed by atoms with Gasteiger partial charge in [-0.1, -0.05) is 29.8 Å². The van der Waals surface area contributed by atoms with Crippen molar-refractivity contribution in [2.24, 2.45) is 0 Å². The Labute approximate surface area is 128 Å². The minimum atomic E-state index is -0.297. The zero-order chi connectivity index (χ0) is 15.2. The summed E-state index contributed by atoms with van der Waals surface area (Å²) in [6.07, 6.45) is 1.46. The number of nitrogens with two attached hydrogens (primary N) is 1. The maximum atomic E-state index is 12.2. The van der Waals surface area contributed by atoms with Crippen molar-refractivity contribution in [2.75, 3.05) is 17.7 Å². The van der Waals surface area contributed by atoms with Gasteiger partial charge in [0, 0.05) is 12.3 Å². The van der Waals surface area contributed by atoms with Gasteiger partial charge in [-0.2, -0.15) is 0 Å². The molecule has 0 atom stereocenters. The molecule has 0 radical (unpaired) electrons. The van der Waals surface area contributed by atoms with Crippen LogP contribution in [-0.4, -0.2) is 17.6 Å². The number of amides is 1. The van der Waals surface area contributed by atoms with E-state index in [9.17, 15) is 4.79 Å². The van der Waals surface area contributed by atoms with Crippen LogP contribution in [-0.2, 0) is 6.42 Å². The molecule has 2 rings (SSSR count). The van der Waals surface area contributed by atoms with Crippen LogP contribution in [0.5, 0.6) is 0 Å². The summed E-state index contributed by atoms with van der Waals surface area (Å²) < 4.78 is 0. The van der Waals surface area contributed by atoms with Gasteiger partial charge in [-0.25, -0.2) is 0 Å². The van der Waals surface area contributed by atoms with Gasteiger partial charge in [0.05, 0.1) is 16.3 Å². The molecule has 5 heteroatoms. The zero-order valence-corrected chi connectivity index (χ0v) is 12.2. The average Bonchev–Trinajstić information content (AvgIpc) is 2.48. The highest BCUT2D eigenvalue weighted by Gasteiger charge is 2.12. The van der Waals surface area contributed by atoms with E-state index in [4.69, 9.17) is 22.4 Å². The number of carbonyl (C=O) groups is 1. The molecule has 0 heterocycles. The number of aryl methyl sites for hydroxylation is 1. The zero-order valence-electron chi connectivity index (χ0n) is 11.5. The molecule has 0 aliphatic carbocycles. The number of anilines is 2. The molecule has 21 heavy (non-hydrogen) atoms. The van der Waals surface area contributed by atoms with E-state index in [1.54, 1.807) is 24.3 Å². The van der Waals surface area contributed by atoms with Gasteiger partial charge in [0.25, 0.3) is 5.91 Å². The van der Waals surface area contributed by atoms with Crippen LogP contribution in [0.25, 0.3) is 0 Å². The number of nitrogen functional groups attached to an aromatic ring is 1. The Kier molecular flexibility index (Phi) is 5.20. The van der Waals surface area contributed by atoms with Crippen molar-refractivity contribution in [1.82, 2.24) is 0 Å². The van der Waals surface area contributed by atoms with E-state index in [2.05, 4.69) is 5.32 Å². The van der Waals surface area contributed by atoms with Crippen molar-refractivity contribution in [1.29, 1.82) is 0 Å². The summed E-state index contributed by atoms with van der Waals surface area (Å²) in [6, 6.07) is 12.5. The Morgan fingerprint density at radius 3 is 2.76 bits per heavy atom. The van der Waals surface area contributed by atoms with E-state index in [0.717, 1.165) is 12.0 Å². The van der Waals surface area contributed by atoms with Gasteiger partial charge in [0.15, 0.2) is 0 Å². The Morgan fingerprint density at radius 1 is 1.24 bits per heavy atom. The Morgan fingerprint density at radius 2 is 2.00 bits per heavy atom. The third kappa shape index (κ3) is 3.97. The normalized spacial score (nSPS) is 10.4. The molecule has 2 aromatic carbocycles. The highest BCUT2D eigenvalue weighted by Crippen LogP contribution is 2.23. The van der Waals surface area contributed by atoms with E-state index in [-0.39, 0.29) is 18.2 Å². The number of benzene rings is 2. The minimum Gasteiger partial charge on any atom is -0.397 e. The van der Waals surface area contributed by atoms with E-state index >= 15 is 0 Å². The van der Waals surface area contributed by atoms with Gasteiger partial charge in [0.1, 0.15) is 0 Å². The second kappa shape index (κ2) is 7.11. The third-order valence-corrected chi connectivity index (χ3v) is 3.44. The van der Waals surface area contributed by atoms with Crippen LogP contribution in [0.1, 0.15) is 22.3 Å². The van der Waals surface area contributed by atoms with Crippen molar-refractivity contribution in [2.45, 2.75) is 12.8 Å². The molecule has 0 aliphatic rings. The van der Waals surface area contributed by atoms with Gasteiger partial charge >= 0.3 is 0 Å². The molecule has 0 aromatic heterocycles. The molecule has 0 fully saturated rings. The Hall–Kier alpha value is -2.04. The number of para-hydroxylation sites is 1. The smallest absolute Gasteiger partial charge is 0.257 e. The van der Waals surface area contributed by atoms with Crippen LogP contribution < -0.4 is 11.1 Å². The fourth-order valence-electron chi connectivity index (χ4n) is 2.02. The number of carbonyl (C=O) groups excluding carboxylic acids is 1. The second-order valence-corrected chi connectivity index (χ2v) is 5.09. The highest BCUT2D eigenvalue weighted by atomic mass is 35.5. The molecule has 0 unspecified atom stereocenters. The molecule has 4 nitrogen and oxygen atoms in total. The molecular weight excluding hydrogens is 288 g/mol. The molecule has 110 valence electrons. The lowest BCUT2D eigenvalue weighted by atomic mass is 10.1. The SMILES string of the molecule is Nc1c(Cl)cccc1C(=O)Nc1cccc(CCCO)c1. The number of hydrogen-bond acceptors (Lipinski definition) is 3. The van der Waals surface area contributed by atoms with Gasteiger partial charge < -0.3 is 16.2 Å². The largest absolute Gasteiger partial charge is 0.397 e. The molecule has 0 bridgehead atoms. The third-order valence-electron chi connectivity index (χ3n) is 3.11. The summed E-state index contributed by atoms with van der Waals surface area (Å²) in [4.78, 5) is 12.2. The van der Waals surface area contributed by atoms with E-state index in [0.29, 0.717) is 22.7 Å². The molecule has 0 saturated carbocycles. The molecule has 0 saturated heterocycles. The molecule has 1 amide bonds. The molecule has 0 aliphatic heterocycles. The van der Waals surface area contributed by atoms with Crippen LogP contribution in [0.2, 0.25) is 5.02 Å². The first-order valence-corrected chi connectivity index (χ1v) is 7.04. The number of nitrogens with one attached hydrogen (secondary N) is 1. The van der Waals surface area contributed by atoms with Crippen LogP contribution in [0.3, 0.4) is 0 Å². The lowest BCUT2D eigenvalue weighted by Crippen LogP contribution is -2.14. The first kappa shape index (κ1) is 15.4. The van der Waals surface area contributed by atoms with Crippen molar-refractivity contribution < 1.29 is 9.90 Å². The number of hydrogen-bond donors (Lipinski definition) is 3. The number of halogens is 1. The number of aliphatic hydroxyl groups is 1. The van der Waals surface area contributed by atoms with Crippen LogP contribution >= 0.6 is 11.6 Å². The van der Waals surface area contributed by atoms with Gasteiger partial charge in [0.2, 0.25) is 0 Å². The Bertz CT molecular complexity index is 644. The summed E-state index contributed by atoms with van der Waals surface area (Å²) in [5.74, 6) is -0.297. The predicted molar refractivity (Wildman–Crippen MR) is 85.7 cm³/mol. The standard InChI is InChI=1S/C16H17ClN2O2/c17-14-8-2-7-13(15(14)18)16(21)19-12-6-1-4-11(10-12)5-3-9-20/h1-2,4,6-8,10,20H,3,5,9,18H2,(H,19,21). The van der Waals surface area contributed by atoms with Gasteiger partial charge in [-0.15, -0.1) is 0 Å². The first-order valence-electron chi connectivity index (χ1n) is 6.67. The van der Waals surface area contributed by atoms with Crippen LogP contribution in [0.4, 0.5) is 11.4 Å².